The van der Waals surface area contributed by atoms with Crippen LogP contribution in [0.4, 0.5) is 0 Å². The molecule has 0 aliphatic carbocycles. The van der Waals surface area contributed by atoms with Crippen molar-refractivity contribution in [3.63, 3.8) is 0 Å². The number of carboxylic acid groups (broad SMARTS) is 1. The number of aryl methyl sites for hydroxylation is 1. The zero-order valence-electron chi connectivity index (χ0n) is 25.3. The summed E-state index contributed by atoms with van der Waals surface area (Å²) in [5, 5.41) is 18.9. The van der Waals surface area contributed by atoms with Crippen LogP contribution in [0.2, 0.25) is 0 Å². The highest BCUT2D eigenvalue weighted by Crippen LogP contribution is 2.39. The van der Waals surface area contributed by atoms with Crippen LogP contribution in [0, 0.1) is 6.92 Å². The van der Waals surface area contributed by atoms with Crippen molar-refractivity contribution in [1.82, 2.24) is 0 Å². The van der Waals surface area contributed by atoms with Gasteiger partial charge in [0.1, 0.15) is 5.75 Å². The van der Waals surface area contributed by atoms with Gasteiger partial charge < -0.3 is 10.2 Å². The lowest BCUT2D eigenvalue weighted by Gasteiger charge is -2.27. The lowest BCUT2D eigenvalue weighted by atomic mass is 9.78. The molecule has 0 saturated carbocycles. The van der Waals surface area contributed by atoms with Crippen molar-refractivity contribution >= 4 is 5.97 Å². The summed E-state index contributed by atoms with van der Waals surface area (Å²) in [5.74, 6) is -0.190. The number of hydrogen-bond acceptors (Lipinski definition) is 2. The molecule has 0 spiro atoms. The highest BCUT2D eigenvalue weighted by molar-refractivity contribution is 5.66. The van der Waals surface area contributed by atoms with Crippen molar-refractivity contribution in [3.8, 4) is 5.75 Å². The lowest BCUT2D eigenvalue weighted by molar-refractivity contribution is -0.137. The predicted molar refractivity (Wildman–Crippen MR) is 157 cm³/mol. The zero-order valence-corrected chi connectivity index (χ0v) is 25.3. The highest BCUT2D eigenvalue weighted by Gasteiger charge is 2.25. The smallest absolute Gasteiger partial charge is 0.303 e. The minimum Gasteiger partial charge on any atom is -0.507 e. The van der Waals surface area contributed by atoms with E-state index in [1.807, 2.05) is 0 Å². The second-order valence-electron chi connectivity index (χ2n) is 12.8. The summed E-state index contributed by atoms with van der Waals surface area (Å²) in [6, 6.07) is 4.18. The maximum atomic E-state index is 10.4. The molecule has 2 N–H and O–H groups in total. The fraction of sp³-hybridized carbons (Fsp3) is 0.788. The number of phenolic OH excluding ortho intramolecular Hbond substituents is 1. The molecule has 0 amide bonds. The van der Waals surface area contributed by atoms with Gasteiger partial charge in [-0.15, -0.1) is 0 Å². The van der Waals surface area contributed by atoms with Crippen molar-refractivity contribution in [2.24, 2.45) is 0 Å². The van der Waals surface area contributed by atoms with E-state index in [4.69, 9.17) is 5.11 Å². The summed E-state index contributed by atoms with van der Waals surface area (Å²) >= 11 is 0. The zero-order chi connectivity index (χ0) is 27.6. The molecule has 0 aliphatic rings. The Morgan fingerprint density at radius 2 is 0.944 bits per heavy atom. The quantitative estimate of drug-likeness (QED) is 0.220. The highest BCUT2D eigenvalue weighted by atomic mass is 16.4. The molecule has 3 heteroatoms. The number of carboxylic acids is 1. The first-order chi connectivity index (χ1) is 16.8. The number of phenols is 1. The Labute approximate surface area is 224 Å². The fourth-order valence-corrected chi connectivity index (χ4v) is 4.57. The molecule has 1 rings (SSSR count). The molecule has 3 nitrogen and oxygen atoms in total. The molecule has 0 unspecified atom stereocenters. The molecule has 0 aromatic heterocycles. The van der Waals surface area contributed by atoms with Crippen LogP contribution in [0.25, 0.3) is 0 Å². The van der Waals surface area contributed by atoms with E-state index in [-0.39, 0.29) is 10.8 Å². The molecule has 210 valence electrons. The third-order valence-electron chi connectivity index (χ3n) is 6.86. The third-order valence-corrected chi connectivity index (χ3v) is 6.86. The van der Waals surface area contributed by atoms with E-state index in [9.17, 15) is 9.90 Å². The molecule has 0 fully saturated rings. The lowest BCUT2D eigenvalue weighted by Crippen LogP contribution is -2.17. The van der Waals surface area contributed by atoms with Gasteiger partial charge in [-0.25, -0.2) is 0 Å². The monoisotopic (exact) mass is 504 g/mol. The largest absolute Gasteiger partial charge is 0.507 e. The molecule has 0 aliphatic heterocycles. The van der Waals surface area contributed by atoms with Crippen LogP contribution in [0.1, 0.15) is 168 Å². The molecular formula is C33H60O3. The Balaban J connectivity index is 0.000000696. The van der Waals surface area contributed by atoms with Gasteiger partial charge in [0.2, 0.25) is 0 Å². The molecule has 36 heavy (non-hydrogen) atoms. The van der Waals surface area contributed by atoms with Gasteiger partial charge >= 0.3 is 5.97 Å². The molecular weight excluding hydrogens is 444 g/mol. The first kappa shape index (κ1) is 34.5. The van der Waals surface area contributed by atoms with Gasteiger partial charge in [0.15, 0.2) is 0 Å². The number of aliphatic carboxylic acids is 1. The SMILES string of the molecule is CCCCCCCCCCCCCCCCCC(=O)O.Cc1cc(C(C)(C)C)c(O)c(C(C)(C)C)c1. The fourth-order valence-electron chi connectivity index (χ4n) is 4.57. The van der Waals surface area contributed by atoms with Gasteiger partial charge in [-0.1, -0.05) is 156 Å². The van der Waals surface area contributed by atoms with Crippen LogP contribution in [-0.4, -0.2) is 16.2 Å². The van der Waals surface area contributed by atoms with Crippen molar-refractivity contribution < 1.29 is 15.0 Å². The standard InChI is InChI=1S/C18H36O2.C15H24O/c1-2-3-4-5-6-7-8-9-10-11-12-13-14-15-16-17-18(19)20;1-10-8-11(14(2,3)4)13(16)12(9-10)15(5,6)7/h2-17H2,1H3,(H,19,20);8-9,16H,1-7H3. The first-order valence-corrected chi connectivity index (χ1v) is 14.9. The van der Waals surface area contributed by atoms with Crippen molar-refractivity contribution in [1.29, 1.82) is 0 Å². The minimum absolute atomic E-state index is 0.0178. The van der Waals surface area contributed by atoms with Gasteiger partial charge in [0, 0.05) is 6.42 Å². The Morgan fingerprint density at radius 3 is 1.22 bits per heavy atom. The molecule has 1 aromatic carbocycles. The Bertz CT molecular complexity index is 672. The average Bonchev–Trinajstić information content (AvgIpc) is 2.76. The number of unbranched alkanes of at least 4 members (excludes halogenated alkanes) is 14. The number of benzene rings is 1. The predicted octanol–water partition coefficient (Wildman–Crippen LogP) is 10.6. The number of aromatic hydroxyl groups is 1. The maximum absolute atomic E-state index is 10.4. The first-order valence-electron chi connectivity index (χ1n) is 14.9. The van der Waals surface area contributed by atoms with E-state index < -0.39 is 5.97 Å². The minimum atomic E-state index is -0.653. The summed E-state index contributed by atoms with van der Waals surface area (Å²) in [5.41, 5.74) is 3.26. The summed E-state index contributed by atoms with van der Waals surface area (Å²) < 4.78 is 0. The maximum Gasteiger partial charge on any atom is 0.303 e. The third kappa shape index (κ3) is 17.0. The molecule has 0 radical (unpaired) electrons. The van der Waals surface area contributed by atoms with Crippen molar-refractivity contribution in [2.45, 2.75) is 169 Å². The van der Waals surface area contributed by atoms with Crippen LogP contribution >= 0.6 is 0 Å². The van der Waals surface area contributed by atoms with Crippen LogP contribution < -0.4 is 0 Å². The second kappa shape index (κ2) is 18.7. The van der Waals surface area contributed by atoms with Gasteiger partial charge in [-0.3, -0.25) is 4.79 Å². The number of hydrogen-bond donors (Lipinski definition) is 2. The van der Waals surface area contributed by atoms with E-state index >= 15 is 0 Å². The Morgan fingerprint density at radius 1 is 0.639 bits per heavy atom. The van der Waals surface area contributed by atoms with Crippen molar-refractivity contribution in [3.05, 3.63) is 28.8 Å². The van der Waals surface area contributed by atoms with E-state index in [1.54, 1.807) is 0 Å². The van der Waals surface area contributed by atoms with Gasteiger partial charge in [0.25, 0.3) is 0 Å². The normalized spacial score (nSPS) is 11.8. The van der Waals surface area contributed by atoms with Gasteiger partial charge in [-0.2, -0.15) is 0 Å². The number of rotatable bonds is 16. The van der Waals surface area contributed by atoms with Gasteiger partial charge in [0.05, 0.1) is 0 Å². The van der Waals surface area contributed by atoms with Gasteiger partial charge in [-0.05, 0) is 35.3 Å². The molecule has 0 bridgehead atoms. The molecule has 0 atom stereocenters. The topological polar surface area (TPSA) is 57.5 Å². The number of carbonyl (C=O) groups is 1. The molecule has 0 heterocycles. The van der Waals surface area contributed by atoms with Crippen LogP contribution in [-0.2, 0) is 15.6 Å². The van der Waals surface area contributed by atoms with Crippen LogP contribution in [0.15, 0.2) is 12.1 Å². The van der Waals surface area contributed by atoms with E-state index in [2.05, 4.69) is 67.5 Å². The van der Waals surface area contributed by atoms with E-state index in [1.165, 1.54) is 89.0 Å². The Kier molecular flexibility index (Phi) is 17.9. The second-order valence-corrected chi connectivity index (χ2v) is 12.8. The van der Waals surface area contributed by atoms with E-state index in [0.717, 1.165) is 24.0 Å². The average molecular weight is 505 g/mol. The Hall–Kier alpha value is -1.51. The summed E-state index contributed by atoms with van der Waals surface area (Å²) in [4.78, 5) is 10.3. The molecule has 0 saturated heterocycles. The molecule has 1 aromatic rings. The summed E-state index contributed by atoms with van der Waals surface area (Å²) in [6.45, 7) is 17.2. The summed E-state index contributed by atoms with van der Waals surface area (Å²) in [6.07, 6.45) is 20.2. The summed E-state index contributed by atoms with van der Waals surface area (Å²) in [7, 11) is 0. The van der Waals surface area contributed by atoms with Crippen LogP contribution in [0.5, 0.6) is 5.75 Å². The van der Waals surface area contributed by atoms with Crippen molar-refractivity contribution in [2.75, 3.05) is 0 Å². The van der Waals surface area contributed by atoms with E-state index in [0.29, 0.717) is 12.2 Å². The van der Waals surface area contributed by atoms with Crippen LogP contribution in [0.3, 0.4) is 0 Å².